The van der Waals surface area contributed by atoms with Crippen LogP contribution in [0.1, 0.15) is 30.5 Å². The fraction of sp³-hybridized carbons (Fsp3) is 0.375. The van der Waals surface area contributed by atoms with Crippen molar-refractivity contribution in [2.45, 2.75) is 32.2 Å². The van der Waals surface area contributed by atoms with Gasteiger partial charge in [-0.2, -0.15) is 0 Å². The third-order valence-corrected chi connectivity index (χ3v) is 6.38. The second-order valence-electron chi connectivity index (χ2n) is 8.39. The Morgan fingerprint density at radius 1 is 1.13 bits per heavy atom. The summed E-state index contributed by atoms with van der Waals surface area (Å²) < 4.78 is 12.9. The zero-order chi connectivity index (χ0) is 21.5. The Morgan fingerprint density at radius 3 is 2.84 bits per heavy atom. The van der Waals surface area contributed by atoms with Crippen LogP contribution in [0.25, 0.3) is 11.0 Å². The van der Waals surface area contributed by atoms with E-state index in [1.165, 1.54) is 6.07 Å². The number of aromatic nitrogens is 1. The van der Waals surface area contributed by atoms with Crippen LogP contribution in [0.2, 0.25) is 0 Å². The monoisotopic (exact) mass is 420 g/mol. The van der Waals surface area contributed by atoms with E-state index in [0.29, 0.717) is 31.0 Å². The number of likely N-dealkylation sites (tertiary alicyclic amines) is 1. The number of ether oxygens (including phenoxy) is 1. The molecule has 0 N–H and O–H groups in total. The highest BCUT2D eigenvalue weighted by Crippen LogP contribution is 2.35. The van der Waals surface area contributed by atoms with Gasteiger partial charge < -0.3 is 18.6 Å². The predicted octanol–water partition coefficient (Wildman–Crippen LogP) is 2.54. The number of hydrogen-bond donors (Lipinski definition) is 0. The van der Waals surface area contributed by atoms with Crippen LogP contribution in [0.15, 0.2) is 56.5 Å². The van der Waals surface area contributed by atoms with Gasteiger partial charge in [-0.15, -0.1) is 0 Å². The predicted molar refractivity (Wildman–Crippen MR) is 115 cm³/mol. The maximum atomic E-state index is 12.9. The van der Waals surface area contributed by atoms with E-state index in [-0.39, 0.29) is 29.9 Å². The molecule has 0 unspecified atom stereocenters. The molecule has 7 heteroatoms. The molecule has 2 aliphatic rings. The van der Waals surface area contributed by atoms with Crippen molar-refractivity contribution >= 4 is 16.9 Å². The molecule has 2 aliphatic heterocycles. The summed E-state index contributed by atoms with van der Waals surface area (Å²) in [5.74, 6) is 0.863. The van der Waals surface area contributed by atoms with E-state index < -0.39 is 5.63 Å². The van der Waals surface area contributed by atoms with Gasteiger partial charge >= 0.3 is 5.63 Å². The van der Waals surface area contributed by atoms with Gasteiger partial charge in [0.05, 0.1) is 0 Å². The molecule has 5 rings (SSSR count). The molecule has 7 nitrogen and oxygen atoms in total. The number of piperidine rings is 1. The fourth-order valence-corrected chi connectivity index (χ4v) is 4.93. The number of fused-ring (bicyclic) bond motifs is 5. The molecule has 1 fully saturated rings. The van der Waals surface area contributed by atoms with Crippen molar-refractivity contribution in [1.82, 2.24) is 9.47 Å². The first kappa shape index (κ1) is 19.6. The average molecular weight is 420 g/mol. The van der Waals surface area contributed by atoms with Gasteiger partial charge in [-0.25, -0.2) is 4.79 Å². The number of amides is 1. The molecule has 0 radical (unpaired) electrons. The molecule has 1 saturated heterocycles. The van der Waals surface area contributed by atoms with Crippen molar-refractivity contribution in [2.75, 3.05) is 19.7 Å². The summed E-state index contributed by atoms with van der Waals surface area (Å²) in [5, 5.41) is 0.874. The first-order valence-corrected chi connectivity index (χ1v) is 10.7. The number of pyridine rings is 1. The highest BCUT2D eigenvalue weighted by atomic mass is 16.5. The van der Waals surface area contributed by atoms with Gasteiger partial charge in [-0.3, -0.25) is 9.59 Å². The third kappa shape index (κ3) is 3.65. The van der Waals surface area contributed by atoms with E-state index in [9.17, 15) is 14.4 Å². The van der Waals surface area contributed by atoms with Crippen LogP contribution in [0.3, 0.4) is 0 Å². The maximum absolute atomic E-state index is 12.9. The number of nitrogens with zero attached hydrogens (tertiary/aromatic N) is 2. The van der Waals surface area contributed by atoms with Crippen molar-refractivity contribution in [3.63, 3.8) is 0 Å². The zero-order valence-corrected chi connectivity index (χ0v) is 17.4. The molecule has 4 heterocycles. The van der Waals surface area contributed by atoms with Gasteiger partial charge in [-0.05, 0) is 42.5 Å². The second kappa shape index (κ2) is 7.72. The van der Waals surface area contributed by atoms with Crippen LogP contribution in [0, 0.1) is 5.92 Å². The quantitative estimate of drug-likeness (QED) is 0.606. The third-order valence-electron chi connectivity index (χ3n) is 6.38. The molecule has 0 saturated carbocycles. The minimum absolute atomic E-state index is 0.0319. The lowest BCUT2D eigenvalue weighted by atomic mass is 9.83. The Bertz CT molecular complexity index is 1270. The highest BCUT2D eigenvalue weighted by molar-refractivity contribution is 5.82. The minimum Gasteiger partial charge on any atom is -0.484 e. The highest BCUT2D eigenvalue weighted by Gasteiger charge is 2.36. The summed E-state index contributed by atoms with van der Waals surface area (Å²) in [4.78, 5) is 38.6. The molecule has 3 aromatic rings. The molecule has 0 spiro atoms. The van der Waals surface area contributed by atoms with E-state index in [4.69, 9.17) is 9.15 Å². The fourth-order valence-electron chi connectivity index (χ4n) is 4.93. The first-order valence-electron chi connectivity index (χ1n) is 10.7. The molecule has 2 atom stereocenters. The number of rotatable bonds is 4. The summed E-state index contributed by atoms with van der Waals surface area (Å²) in [6.07, 6.45) is 1.73. The topological polar surface area (TPSA) is 81.8 Å². The lowest BCUT2D eigenvalue weighted by Gasteiger charge is -2.42. The van der Waals surface area contributed by atoms with Crippen LogP contribution in [-0.4, -0.2) is 35.1 Å². The normalized spacial score (nSPS) is 19.8. The zero-order valence-electron chi connectivity index (χ0n) is 17.4. The second-order valence-corrected chi connectivity index (χ2v) is 8.39. The van der Waals surface area contributed by atoms with Crippen LogP contribution in [0.4, 0.5) is 0 Å². The lowest BCUT2D eigenvalue weighted by Crippen LogP contribution is -2.50. The van der Waals surface area contributed by atoms with Crippen molar-refractivity contribution < 1.29 is 13.9 Å². The number of hydrogen-bond acceptors (Lipinski definition) is 5. The van der Waals surface area contributed by atoms with Crippen molar-refractivity contribution in [3.8, 4) is 5.75 Å². The number of carbonyl (C=O) groups excluding carboxylic acids is 1. The van der Waals surface area contributed by atoms with Crippen LogP contribution in [-0.2, 0) is 17.8 Å². The standard InChI is InChI=1S/C24H24N2O5/c1-2-16-9-24(29)31-21-10-18(6-7-19(16)21)30-14-23(28)25-11-15-8-17(13-25)20-4-3-5-22(27)26(20)12-15/h3-7,9-10,15,17H,2,8,11-14H2,1H3/t15-,17+/m1/s1. The summed E-state index contributed by atoms with van der Waals surface area (Å²) in [6, 6.07) is 12.2. The Kier molecular flexibility index (Phi) is 4.88. The van der Waals surface area contributed by atoms with Gasteiger partial charge in [0.25, 0.3) is 11.5 Å². The van der Waals surface area contributed by atoms with Gasteiger partial charge in [-0.1, -0.05) is 13.0 Å². The summed E-state index contributed by atoms with van der Waals surface area (Å²) >= 11 is 0. The van der Waals surface area contributed by atoms with Gasteiger partial charge in [0.1, 0.15) is 11.3 Å². The Balaban J connectivity index is 1.29. The van der Waals surface area contributed by atoms with E-state index in [1.807, 2.05) is 28.5 Å². The van der Waals surface area contributed by atoms with Crippen LogP contribution >= 0.6 is 0 Å². The first-order chi connectivity index (χ1) is 15.0. The summed E-state index contributed by atoms with van der Waals surface area (Å²) in [7, 11) is 0. The number of carbonyl (C=O) groups is 1. The van der Waals surface area contributed by atoms with Crippen LogP contribution in [0.5, 0.6) is 5.75 Å². The molecule has 160 valence electrons. The Morgan fingerprint density at radius 2 is 2.00 bits per heavy atom. The van der Waals surface area contributed by atoms with Gasteiger partial charge in [0, 0.05) is 54.8 Å². The largest absolute Gasteiger partial charge is 0.484 e. The molecular formula is C24H24N2O5. The lowest BCUT2D eigenvalue weighted by molar-refractivity contribution is -0.136. The maximum Gasteiger partial charge on any atom is 0.336 e. The van der Waals surface area contributed by atoms with E-state index in [1.54, 1.807) is 24.3 Å². The van der Waals surface area contributed by atoms with Crippen molar-refractivity contribution in [3.05, 3.63) is 74.5 Å². The SMILES string of the molecule is CCc1cc(=O)oc2cc(OCC(=O)N3C[C@H]4C[C@@H](C3)c3cccc(=O)n3C4)ccc12. The number of aryl methyl sites for hydroxylation is 1. The van der Waals surface area contributed by atoms with Gasteiger partial charge in [0.2, 0.25) is 0 Å². The van der Waals surface area contributed by atoms with Crippen molar-refractivity contribution in [1.29, 1.82) is 0 Å². The Hall–Kier alpha value is -3.35. The number of benzene rings is 1. The summed E-state index contributed by atoms with van der Waals surface area (Å²) in [6.45, 7) is 3.78. The van der Waals surface area contributed by atoms with Gasteiger partial charge in [0.15, 0.2) is 6.61 Å². The molecule has 31 heavy (non-hydrogen) atoms. The Labute approximate surface area is 178 Å². The average Bonchev–Trinajstić information content (AvgIpc) is 2.77. The van der Waals surface area contributed by atoms with Crippen LogP contribution < -0.4 is 15.9 Å². The molecule has 2 aromatic heterocycles. The van der Waals surface area contributed by atoms with E-state index >= 15 is 0 Å². The molecule has 1 aromatic carbocycles. The molecular weight excluding hydrogens is 396 g/mol. The molecule has 2 bridgehead atoms. The molecule has 0 aliphatic carbocycles. The molecule has 1 amide bonds. The smallest absolute Gasteiger partial charge is 0.336 e. The summed E-state index contributed by atoms with van der Waals surface area (Å²) in [5.41, 5.74) is 2.04. The van der Waals surface area contributed by atoms with E-state index in [2.05, 4.69) is 0 Å². The van der Waals surface area contributed by atoms with E-state index in [0.717, 1.165) is 29.5 Å². The van der Waals surface area contributed by atoms with Crippen molar-refractivity contribution in [2.24, 2.45) is 5.92 Å². The minimum atomic E-state index is -0.392.